The molecule has 0 aliphatic rings. The van der Waals surface area contributed by atoms with Crippen molar-refractivity contribution in [3.63, 3.8) is 0 Å². The summed E-state index contributed by atoms with van der Waals surface area (Å²) in [6, 6.07) is 1.91. The average molecular weight is 247 g/mol. The normalized spacial score (nSPS) is 11.8. The van der Waals surface area contributed by atoms with Gasteiger partial charge in [0.15, 0.2) is 0 Å². The molecule has 6 nitrogen and oxygen atoms in total. The third-order valence-corrected chi connectivity index (χ3v) is 2.61. The number of H-pyrrole nitrogens is 1. The summed E-state index contributed by atoms with van der Waals surface area (Å²) in [6.45, 7) is 9.57. The van der Waals surface area contributed by atoms with Crippen LogP contribution in [0, 0.1) is 13.8 Å². The molecule has 2 aromatic heterocycles. The van der Waals surface area contributed by atoms with E-state index in [-0.39, 0.29) is 11.0 Å². The van der Waals surface area contributed by atoms with E-state index < -0.39 is 0 Å². The molecule has 2 heterocycles. The van der Waals surface area contributed by atoms with Crippen LogP contribution >= 0.6 is 0 Å². The maximum Gasteiger partial charge on any atom is 0.274 e. The fourth-order valence-electron chi connectivity index (χ4n) is 1.76. The van der Waals surface area contributed by atoms with Gasteiger partial charge >= 0.3 is 0 Å². The molecular weight excluding hydrogens is 230 g/mol. The standard InChI is InChI=1S/C12H17N5O/c1-7-6-8(2)17(16-7)11-13-10(18)9(14-15-11)12(3,4)5/h6H,1-5H3,(H,13,15,18). The van der Waals surface area contributed by atoms with E-state index in [0.717, 1.165) is 11.4 Å². The van der Waals surface area contributed by atoms with Crippen molar-refractivity contribution in [2.24, 2.45) is 0 Å². The van der Waals surface area contributed by atoms with Gasteiger partial charge in [-0.25, -0.2) is 4.68 Å². The summed E-state index contributed by atoms with van der Waals surface area (Å²) < 4.78 is 1.58. The van der Waals surface area contributed by atoms with Crippen LogP contribution in [0.25, 0.3) is 5.95 Å². The molecule has 0 aliphatic carbocycles. The predicted octanol–water partition coefficient (Wildman–Crippen LogP) is 1.26. The van der Waals surface area contributed by atoms with E-state index in [1.165, 1.54) is 0 Å². The van der Waals surface area contributed by atoms with Crippen LogP contribution < -0.4 is 5.56 Å². The fourth-order valence-corrected chi connectivity index (χ4v) is 1.76. The summed E-state index contributed by atoms with van der Waals surface area (Å²) in [4.78, 5) is 14.7. The zero-order chi connectivity index (χ0) is 13.5. The van der Waals surface area contributed by atoms with Gasteiger partial charge in [0.05, 0.1) is 5.69 Å². The first kappa shape index (κ1) is 12.5. The second-order valence-electron chi connectivity index (χ2n) is 5.42. The first-order valence-corrected chi connectivity index (χ1v) is 5.80. The molecule has 2 rings (SSSR count). The molecule has 0 unspecified atom stereocenters. The average Bonchev–Trinajstić information content (AvgIpc) is 2.55. The third-order valence-electron chi connectivity index (χ3n) is 2.61. The Bertz CT molecular complexity index is 633. The Balaban J connectivity index is 2.54. The zero-order valence-electron chi connectivity index (χ0n) is 11.3. The summed E-state index contributed by atoms with van der Waals surface area (Å²) in [7, 11) is 0. The molecule has 0 spiro atoms. The Morgan fingerprint density at radius 3 is 2.33 bits per heavy atom. The van der Waals surface area contributed by atoms with E-state index in [2.05, 4.69) is 20.3 Å². The van der Waals surface area contributed by atoms with E-state index in [4.69, 9.17) is 0 Å². The highest BCUT2D eigenvalue weighted by molar-refractivity contribution is 5.18. The number of hydrogen-bond donors (Lipinski definition) is 1. The van der Waals surface area contributed by atoms with Crippen molar-refractivity contribution in [2.45, 2.75) is 40.0 Å². The van der Waals surface area contributed by atoms with Gasteiger partial charge in [-0.1, -0.05) is 20.8 Å². The lowest BCUT2D eigenvalue weighted by Crippen LogP contribution is -2.29. The summed E-state index contributed by atoms with van der Waals surface area (Å²) in [5, 5.41) is 12.3. The van der Waals surface area contributed by atoms with Gasteiger partial charge in [0.25, 0.3) is 11.5 Å². The Morgan fingerprint density at radius 2 is 1.89 bits per heavy atom. The molecule has 0 aromatic carbocycles. The number of aryl methyl sites for hydroxylation is 2. The fraction of sp³-hybridized carbons (Fsp3) is 0.500. The van der Waals surface area contributed by atoms with Crippen LogP contribution in [0.3, 0.4) is 0 Å². The Morgan fingerprint density at radius 1 is 1.22 bits per heavy atom. The van der Waals surface area contributed by atoms with Crippen LogP contribution in [0.4, 0.5) is 0 Å². The Labute approximate surface area is 105 Å². The van der Waals surface area contributed by atoms with Crippen molar-refractivity contribution in [2.75, 3.05) is 0 Å². The number of rotatable bonds is 1. The number of aromatic amines is 1. The van der Waals surface area contributed by atoms with Gasteiger partial charge in [0.1, 0.15) is 5.69 Å². The molecule has 0 radical (unpaired) electrons. The Kier molecular flexibility index (Phi) is 2.80. The third kappa shape index (κ3) is 2.18. The van der Waals surface area contributed by atoms with Crippen LogP contribution in [-0.2, 0) is 5.41 Å². The maximum atomic E-state index is 12.0. The summed E-state index contributed by atoms with van der Waals surface area (Å²) in [5.74, 6) is 0.346. The number of aromatic nitrogens is 5. The summed E-state index contributed by atoms with van der Waals surface area (Å²) in [6.07, 6.45) is 0. The molecule has 0 saturated carbocycles. The molecule has 0 amide bonds. The van der Waals surface area contributed by atoms with Crippen LogP contribution in [0.15, 0.2) is 10.9 Å². The van der Waals surface area contributed by atoms with Crippen molar-refractivity contribution >= 4 is 0 Å². The second-order valence-corrected chi connectivity index (χ2v) is 5.42. The van der Waals surface area contributed by atoms with Crippen molar-refractivity contribution in [3.05, 3.63) is 33.5 Å². The molecule has 2 aromatic rings. The van der Waals surface area contributed by atoms with Crippen molar-refractivity contribution < 1.29 is 0 Å². The van der Waals surface area contributed by atoms with E-state index >= 15 is 0 Å². The minimum Gasteiger partial charge on any atom is -0.288 e. The minimum atomic E-state index is -0.325. The van der Waals surface area contributed by atoms with E-state index in [1.807, 2.05) is 40.7 Å². The van der Waals surface area contributed by atoms with E-state index in [1.54, 1.807) is 4.68 Å². The molecule has 0 bridgehead atoms. The predicted molar refractivity (Wildman–Crippen MR) is 67.9 cm³/mol. The second kappa shape index (κ2) is 4.04. The monoisotopic (exact) mass is 247 g/mol. The molecule has 0 fully saturated rings. The van der Waals surface area contributed by atoms with Crippen LogP contribution in [0.1, 0.15) is 37.9 Å². The topological polar surface area (TPSA) is 76.5 Å². The molecule has 0 aliphatic heterocycles. The summed E-state index contributed by atoms with van der Waals surface area (Å²) in [5.41, 5.74) is 1.65. The van der Waals surface area contributed by atoms with Crippen LogP contribution in [-0.4, -0.2) is 25.0 Å². The van der Waals surface area contributed by atoms with Gasteiger partial charge < -0.3 is 0 Å². The highest BCUT2D eigenvalue weighted by atomic mass is 16.1. The molecule has 1 N–H and O–H groups in total. The van der Waals surface area contributed by atoms with E-state index in [0.29, 0.717) is 11.6 Å². The quantitative estimate of drug-likeness (QED) is 0.823. The SMILES string of the molecule is Cc1cc(C)n(-c2nnc(C(C)(C)C)c(=O)[nH]2)n1. The van der Waals surface area contributed by atoms with Crippen molar-refractivity contribution in [1.82, 2.24) is 25.0 Å². The van der Waals surface area contributed by atoms with Gasteiger partial charge in [-0.3, -0.25) is 9.78 Å². The first-order chi connectivity index (χ1) is 8.29. The highest BCUT2D eigenvalue weighted by Gasteiger charge is 2.21. The van der Waals surface area contributed by atoms with Crippen molar-refractivity contribution in [3.8, 4) is 5.95 Å². The highest BCUT2D eigenvalue weighted by Crippen LogP contribution is 2.15. The molecule has 0 saturated heterocycles. The molecule has 18 heavy (non-hydrogen) atoms. The number of hydrogen-bond acceptors (Lipinski definition) is 4. The summed E-state index contributed by atoms with van der Waals surface area (Å²) >= 11 is 0. The van der Waals surface area contributed by atoms with Gasteiger partial charge in [-0.15, -0.1) is 10.2 Å². The first-order valence-electron chi connectivity index (χ1n) is 5.80. The largest absolute Gasteiger partial charge is 0.288 e. The van der Waals surface area contributed by atoms with E-state index in [9.17, 15) is 4.79 Å². The van der Waals surface area contributed by atoms with Crippen LogP contribution in [0.2, 0.25) is 0 Å². The molecule has 6 heteroatoms. The zero-order valence-corrected chi connectivity index (χ0v) is 11.3. The number of nitrogens with zero attached hydrogens (tertiary/aromatic N) is 4. The molecular formula is C12H17N5O. The van der Waals surface area contributed by atoms with Gasteiger partial charge in [0, 0.05) is 11.1 Å². The van der Waals surface area contributed by atoms with Gasteiger partial charge in [0.2, 0.25) is 0 Å². The smallest absolute Gasteiger partial charge is 0.274 e. The van der Waals surface area contributed by atoms with Crippen LogP contribution in [0.5, 0.6) is 0 Å². The lowest BCUT2D eigenvalue weighted by atomic mass is 9.93. The minimum absolute atomic E-state index is 0.222. The lowest BCUT2D eigenvalue weighted by molar-refractivity contribution is 0.541. The lowest BCUT2D eigenvalue weighted by Gasteiger charge is -2.15. The number of nitrogens with one attached hydrogen (secondary N) is 1. The van der Waals surface area contributed by atoms with Gasteiger partial charge in [-0.05, 0) is 19.9 Å². The van der Waals surface area contributed by atoms with Gasteiger partial charge in [-0.2, -0.15) is 5.10 Å². The maximum absolute atomic E-state index is 12.0. The molecule has 0 atom stereocenters. The Hall–Kier alpha value is -1.98. The molecule has 96 valence electrons. The van der Waals surface area contributed by atoms with Crippen molar-refractivity contribution in [1.29, 1.82) is 0 Å².